The van der Waals surface area contributed by atoms with Gasteiger partial charge in [-0.25, -0.2) is 0 Å². The number of nitrogens with zero attached hydrogens (tertiary/aromatic N) is 1. The monoisotopic (exact) mass is 1200 g/mol. The number of amides is 1. The highest BCUT2D eigenvalue weighted by Gasteiger charge is 2.23. The molecule has 84 heavy (non-hydrogen) atoms. The maximum atomic E-state index is 13.0. The molecule has 3 atom stereocenters. The highest BCUT2D eigenvalue weighted by molar-refractivity contribution is 7.45. The van der Waals surface area contributed by atoms with Crippen LogP contribution < -0.4 is 10.2 Å². The van der Waals surface area contributed by atoms with Crippen LogP contribution in [-0.2, 0) is 18.4 Å². The van der Waals surface area contributed by atoms with E-state index in [4.69, 9.17) is 9.05 Å². The van der Waals surface area contributed by atoms with Gasteiger partial charge in [0.25, 0.3) is 7.82 Å². The molecule has 490 valence electrons. The van der Waals surface area contributed by atoms with Crippen LogP contribution in [-0.4, -0.2) is 68.5 Å². The molecule has 0 bridgehead atoms. The molecule has 1 amide bonds. The Hall–Kier alpha value is -2.32. The lowest BCUT2D eigenvalue weighted by Gasteiger charge is -2.29. The number of quaternary nitrogens is 1. The van der Waals surface area contributed by atoms with Gasteiger partial charge in [-0.3, -0.25) is 9.36 Å². The first kappa shape index (κ1) is 81.7. The second kappa shape index (κ2) is 65.1. The third-order valence-corrected chi connectivity index (χ3v) is 17.1. The van der Waals surface area contributed by atoms with E-state index in [2.05, 4.69) is 92.1 Å². The van der Waals surface area contributed by atoms with Crippen LogP contribution in [0.15, 0.2) is 85.1 Å². The molecule has 3 unspecified atom stereocenters. The number of hydrogen-bond donors (Lipinski definition) is 2. The third-order valence-electron chi connectivity index (χ3n) is 16.1. The van der Waals surface area contributed by atoms with Gasteiger partial charge in [0, 0.05) is 6.42 Å². The van der Waals surface area contributed by atoms with Crippen molar-refractivity contribution in [3.8, 4) is 0 Å². The fourth-order valence-corrected chi connectivity index (χ4v) is 11.3. The van der Waals surface area contributed by atoms with E-state index in [0.717, 1.165) is 70.6 Å². The molecule has 0 aromatic rings. The van der Waals surface area contributed by atoms with Crippen LogP contribution in [0.4, 0.5) is 0 Å². The van der Waals surface area contributed by atoms with Gasteiger partial charge in [-0.1, -0.05) is 336 Å². The summed E-state index contributed by atoms with van der Waals surface area (Å²) in [6, 6.07) is -0.908. The van der Waals surface area contributed by atoms with E-state index in [-0.39, 0.29) is 12.5 Å². The van der Waals surface area contributed by atoms with Crippen molar-refractivity contribution in [3.63, 3.8) is 0 Å². The van der Waals surface area contributed by atoms with Gasteiger partial charge in [-0.15, -0.1) is 0 Å². The van der Waals surface area contributed by atoms with Gasteiger partial charge in [0.2, 0.25) is 5.91 Å². The first-order valence-electron chi connectivity index (χ1n) is 35.9. The second-order valence-corrected chi connectivity index (χ2v) is 27.0. The molecule has 0 fully saturated rings. The molecular weight excluding hydrogens is 1060 g/mol. The van der Waals surface area contributed by atoms with Crippen molar-refractivity contribution in [1.29, 1.82) is 0 Å². The lowest BCUT2D eigenvalue weighted by Crippen LogP contribution is -2.45. The number of unbranched alkanes of at least 4 members (excludes halogenated alkanes) is 41. The molecule has 0 aromatic heterocycles. The number of carbonyl (C=O) groups excluding carboxylic acids is 1. The molecule has 0 saturated heterocycles. The Morgan fingerprint density at radius 2 is 0.738 bits per heavy atom. The maximum Gasteiger partial charge on any atom is 0.268 e. The number of hydrogen-bond acceptors (Lipinski definition) is 6. The number of rotatable bonds is 66. The van der Waals surface area contributed by atoms with E-state index in [1.165, 1.54) is 244 Å². The molecule has 0 heterocycles. The number of nitrogens with one attached hydrogen (secondary N) is 1. The molecule has 0 spiro atoms. The van der Waals surface area contributed by atoms with Gasteiger partial charge in [0.1, 0.15) is 13.2 Å². The molecule has 0 aromatic carbocycles. The molecule has 0 aliphatic rings. The van der Waals surface area contributed by atoms with Gasteiger partial charge < -0.3 is 28.8 Å². The first-order valence-corrected chi connectivity index (χ1v) is 37.4. The molecule has 2 N–H and O–H groups in total. The van der Waals surface area contributed by atoms with Crippen LogP contribution in [0.3, 0.4) is 0 Å². The van der Waals surface area contributed by atoms with E-state index in [1.807, 2.05) is 27.2 Å². The predicted octanol–water partition coefficient (Wildman–Crippen LogP) is 22.5. The molecular formula is C75H139N2O6P. The summed E-state index contributed by atoms with van der Waals surface area (Å²) < 4.78 is 23.5. The molecule has 0 aliphatic carbocycles. The molecule has 8 nitrogen and oxygen atoms in total. The number of likely N-dealkylation sites (N-methyl/N-ethyl adjacent to an activating group) is 1. The summed E-state index contributed by atoms with van der Waals surface area (Å²) in [5.41, 5.74) is 0. The largest absolute Gasteiger partial charge is 0.756 e. The average molecular weight is 1200 g/mol. The summed E-state index contributed by atoms with van der Waals surface area (Å²) >= 11 is 0. The minimum Gasteiger partial charge on any atom is -0.756 e. The number of aliphatic hydroxyl groups is 1. The Labute approximate surface area is 522 Å². The van der Waals surface area contributed by atoms with Crippen LogP contribution in [0.1, 0.15) is 335 Å². The van der Waals surface area contributed by atoms with Crippen molar-refractivity contribution >= 4 is 13.7 Å². The van der Waals surface area contributed by atoms with Crippen molar-refractivity contribution in [3.05, 3.63) is 85.1 Å². The van der Waals surface area contributed by atoms with E-state index in [0.29, 0.717) is 17.4 Å². The van der Waals surface area contributed by atoms with Gasteiger partial charge in [-0.2, -0.15) is 0 Å². The number of phosphoric acid groups is 1. The Bertz CT molecular complexity index is 1650. The maximum absolute atomic E-state index is 13.0. The lowest BCUT2D eigenvalue weighted by molar-refractivity contribution is -0.870. The van der Waals surface area contributed by atoms with Crippen molar-refractivity contribution in [2.45, 2.75) is 347 Å². The van der Waals surface area contributed by atoms with Crippen molar-refractivity contribution in [1.82, 2.24) is 5.32 Å². The van der Waals surface area contributed by atoms with E-state index in [1.54, 1.807) is 6.08 Å². The van der Waals surface area contributed by atoms with Crippen molar-refractivity contribution < 1.29 is 32.9 Å². The number of allylic oxidation sites excluding steroid dienone is 13. The van der Waals surface area contributed by atoms with Gasteiger partial charge in [0.15, 0.2) is 0 Å². The quantitative estimate of drug-likeness (QED) is 0.0272. The lowest BCUT2D eigenvalue weighted by atomic mass is 10.0. The Morgan fingerprint density at radius 3 is 1.11 bits per heavy atom. The summed E-state index contributed by atoms with van der Waals surface area (Å²) in [7, 11) is 1.25. The van der Waals surface area contributed by atoms with Crippen LogP contribution in [0.25, 0.3) is 0 Å². The van der Waals surface area contributed by atoms with E-state index < -0.39 is 26.6 Å². The van der Waals surface area contributed by atoms with Gasteiger partial charge in [-0.05, 0) is 77.0 Å². The highest BCUT2D eigenvalue weighted by Crippen LogP contribution is 2.38. The highest BCUT2D eigenvalue weighted by atomic mass is 31.2. The van der Waals surface area contributed by atoms with E-state index in [9.17, 15) is 19.4 Å². The number of carbonyl (C=O) groups is 1. The Balaban J connectivity index is 4.06. The zero-order chi connectivity index (χ0) is 61.2. The number of phosphoric ester groups is 1. The molecule has 0 saturated carbocycles. The first-order chi connectivity index (χ1) is 41.0. The Kier molecular flexibility index (Phi) is 63.3. The van der Waals surface area contributed by atoms with Crippen LogP contribution in [0, 0.1) is 0 Å². The van der Waals surface area contributed by atoms with Crippen molar-refractivity contribution in [2.75, 3.05) is 40.9 Å². The fourth-order valence-electron chi connectivity index (χ4n) is 10.6. The SMILES string of the molecule is CC/C=C\C/C=C\C/C=C\C/C=C\C/C=C\CCCCCCCCCCCCCCCCCCCCCC(=O)NC(COP(=O)([O-])OCC[N+](C)(C)C)C(O)/C=C/CC/C=C/CCCCCCCCCCCCCCCCCCCCCCC. The Morgan fingerprint density at radius 1 is 0.429 bits per heavy atom. The minimum absolute atomic E-state index is 0.00725. The van der Waals surface area contributed by atoms with Crippen LogP contribution in [0.2, 0.25) is 0 Å². The van der Waals surface area contributed by atoms with E-state index >= 15 is 0 Å². The summed E-state index contributed by atoms with van der Waals surface area (Å²) in [6.45, 7) is 4.56. The normalized spacial score (nSPS) is 14.1. The van der Waals surface area contributed by atoms with Gasteiger partial charge >= 0.3 is 0 Å². The zero-order valence-electron chi connectivity index (χ0n) is 56.1. The average Bonchev–Trinajstić information content (AvgIpc) is 3.56. The summed E-state index contributed by atoms with van der Waals surface area (Å²) in [5, 5.41) is 14.0. The molecule has 0 rings (SSSR count). The molecule has 0 radical (unpaired) electrons. The predicted molar refractivity (Wildman–Crippen MR) is 367 cm³/mol. The van der Waals surface area contributed by atoms with Crippen LogP contribution in [0.5, 0.6) is 0 Å². The van der Waals surface area contributed by atoms with Crippen LogP contribution >= 0.6 is 7.82 Å². The second-order valence-electron chi connectivity index (χ2n) is 25.6. The van der Waals surface area contributed by atoms with Gasteiger partial charge in [0.05, 0.1) is 39.9 Å². The standard InChI is InChI=1S/C75H139N2O6P/c1-6-8-10-12-14-16-18-20-22-24-26-28-30-32-34-35-36-37-38-39-40-41-43-45-47-49-51-53-55-57-59-61-63-65-67-69-75(79)76-73(72-83-84(80,81)82-71-70-77(3,4)5)74(78)68-66-64-62-60-58-56-54-52-50-48-46-44-42-33-31-29-27-25-23-21-19-17-15-13-11-9-7-2/h8,10,14,16,20,22,26,28,32,34,58,60,66,68,73-74,78H,6-7,9,11-13,15,17-19,21,23-25,27,29-31,33,35-57,59,61-65,67,69-72H2,1-5H3,(H-,76,79,80,81)/b10-8-,16-14-,22-20-,28-26-,34-32-,60-58+,68-66+. The summed E-state index contributed by atoms with van der Waals surface area (Å²) in [5.74, 6) is -0.203. The summed E-state index contributed by atoms with van der Waals surface area (Å²) in [6.07, 6.45) is 92.9. The zero-order valence-corrected chi connectivity index (χ0v) is 57.0. The summed E-state index contributed by atoms with van der Waals surface area (Å²) in [4.78, 5) is 25.6. The molecule has 9 heteroatoms. The topological polar surface area (TPSA) is 108 Å². The minimum atomic E-state index is -4.62. The smallest absolute Gasteiger partial charge is 0.268 e. The van der Waals surface area contributed by atoms with Crippen molar-refractivity contribution in [2.24, 2.45) is 0 Å². The fraction of sp³-hybridized carbons (Fsp3) is 0.800. The number of aliphatic hydroxyl groups excluding tert-OH is 1. The third kappa shape index (κ3) is 67.2. The molecule has 0 aliphatic heterocycles.